The van der Waals surface area contributed by atoms with Crippen LogP contribution in [0.4, 0.5) is 5.69 Å². The molecule has 1 aliphatic rings. The van der Waals surface area contributed by atoms with Gasteiger partial charge in [0.25, 0.3) is 5.91 Å². The Morgan fingerprint density at radius 2 is 1.73 bits per heavy atom. The average molecular weight is 385 g/mol. The molecule has 1 fully saturated rings. The Bertz CT molecular complexity index is 906. The van der Waals surface area contributed by atoms with Crippen LogP contribution in [0, 0.1) is 0 Å². The van der Waals surface area contributed by atoms with Crippen LogP contribution in [0.15, 0.2) is 47.4 Å². The minimum Gasteiger partial charge on any atom is -0.497 e. The number of anilines is 1. The molecule has 1 aliphatic heterocycles. The van der Waals surface area contributed by atoms with Gasteiger partial charge in [0.2, 0.25) is 0 Å². The number of carbonyl (C=O) groups excluding carboxylic acids is 2. The molecule has 0 aliphatic carbocycles. The van der Waals surface area contributed by atoms with E-state index in [9.17, 15) is 9.59 Å². The molecule has 2 aromatic rings. The van der Waals surface area contributed by atoms with Crippen LogP contribution in [0.3, 0.4) is 0 Å². The largest absolute Gasteiger partial charge is 0.497 e. The maximum atomic E-state index is 12.9. The van der Waals surface area contributed by atoms with Crippen molar-refractivity contribution in [2.75, 3.05) is 19.1 Å². The van der Waals surface area contributed by atoms with Crippen molar-refractivity contribution >= 4 is 52.3 Å². The van der Waals surface area contributed by atoms with Gasteiger partial charge >= 0.3 is 0 Å². The maximum Gasteiger partial charge on any atom is 0.270 e. The van der Waals surface area contributed by atoms with Gasteiger partial charge in [0.1, 0.15) is 17.8 Å². The lowest BCUT2D eigenvalue weighted by Gasteiger charge is -2.18. The fourth-order valence-corrected chi connectivity index (χ4v) is 3.75. The molecule has 0 unspecified atom stereocenters. The second-order valence-corrected chi connectivity index (χ2v) is 7.02. The van der Waals surface area contributed by atoms with Gasteiger partial charge in [-0.15, -0.1) is 0 Å². The predicted molar refractivity (Wildman–Crippen MR) is 107 cm³/mol. The quantitative estimate of drug-likeness (QED) is 0.442. The van der Waals surface area contributed by atoms with Crippen LogP contribution in [0.2, 0.25) is 0 Å². The molecule has 7 heteroatoms. The number of aldehydes is 1. The van der Waals surface area contributed by atoms with Gasteiger partial charge in [0.15, 0.2) is 4.32 Å². The molecule has 26 heavy (non-hydrogen) atoms. The van der Waals surface area contributed by atoms with Crippen molar-refractivity contribution in [2.45, 2.75) is 0 Å². The predicted octanol–water partition coefficient (Wildman–Crippen LogP) is 3.92. The fourth-order valence-electron chi connectivity index (χ4n) is 2.47. The van der Waals surface area contributed by atoms with Crippen LogP contribution < -0.4 is 14.4 Å². The third-order valence-corrected chi connectivity index (χ3v) is 5.09. The van der Waals surface area contributed by atoms with E-state index < -0.39 is 0 Å². The highest BCUT2D eigenvalue weighted by Crippen LogP contribution is 2.41. The third-order valence-electron chi connectivity index (χ3n) is 3.79. The zero-order chi connectivity index (χ0) is 18.7. The number of methoxy groups -OCH3 is 2. The fraction of sp³-hybridized carbons (Fsp3) is 0.105. The molecule has 1 amide bonds. The Balaban J connectivity index is 1.94. The summed E-state index contributed by atoms with van der Waals surface area (Å²) >= 11 is 6.62. The topological polar surface area (TPSA) is 55.8 Å². The van der Waals surface area contributed by atoms with Gasteiger partial charge in [-0.05, 0) is 23.8 Å². The van der Waals surface area contributed by atoms with Gasteiger partial charge in [0.05, 0.1) is 24.8 Å². The Hall–Kier alpha value is -2.64. The number of thiocarbonyl (C=S) groups is 1. The van der Waals surface area contributed by atoms with Gasteiger partial charge in [-0.3, -0.25) is 14.5 Å². The molecule has 2 aromatic carbocycles. The van der Waals surface area contributed by atoms with Crippen molar-refractivity contribution in [3.8, 4) is 11.5 Å². The van der Waals surface area contributed by atoms with Crippen molar-refractivity contribution in [3.05, 3.63) is 58.5 Å². The number of ether oxygens (including phenoxy) is 2. The van der Waals surface area contributed by atoms with Crippen molar-refractivity contribution in [1.29, 1.82) is 0 Å². The van der Waals surface area contributed by atoms with Crippen LogP contribution in [0.1, 0.15) is 15.9 Å². The summed E-state index contributed by atoms with van der Waals surface area (Å²) in [6, 6.07) is 12.2. The van der Waals surface area contributed by atoms with Crippen molar-refractivity contribution in [1.82, 2.24) is 0 Å². The van der Waals surface area contributed by atoms with Gasteiger partial charge in [-0.25, -0.2) is 0 Å². The molecule has 0 radical (unpaired) electrons. The van der Waals surface area contributed by atoms with E-state index in [1.54, 1.807) is 55.7 Å². The first-order valence-corrected chi connectivity index (χ1v) is 8.85. The minimum absolute atomic E-state index is 0.220. The van der Waals surface area contributed by atoms with Crippen LogP contribution >= 0.6 is 24.0 Å². The zero-order valence-corrected chi connectivity index (χ0v) is 15.7. The highest BCUT2D eigenvalue weighted by molar-refractivity contribution is 8.27. The van der Waals surface area contributed by atoms with Crippen molar-refractivity contribution in [3.63, 3.8) is 0 Å². The number of carbonyl (C=O) groups is 2. The smallest absolute Gasteiger partial charge is 0.270 e. The van der Waals surface area contributed by atoms with E-state index >= 15 is 0 Å². The molecule has 0 spiro atoms. The Morgan fingerprint density at radius 1 is 1.04 bits per heavy atom. The highest BCUT2D eigenvalue weighted by Gasteiger charge is 2.35. The summed E-state index contributed by atoms with van der Waals surface area (Å²) in [6.07, 6.45) is 2.53. The zero-order valence-electron chi connectivity index (χ0n) is 14.1. The summed E-state index contributed by atoms with van der Waals surface area (Å²) in [4.78, 5) is 25.6. The molecular formula is C19H15NO4S2. The molecule has 0 saturated carbocycles. The van der Waals surface area contributed by atoms with Crippen molar-refractivity contribution < 1.29 is 19.1 Å². The third kappa shape index (κ3) is 3.49. The van der Waals surface area contributed by atoms with Crippen molar-refractivity contribution in [2.24, 2.45) is 0 Å². The number of amides is 1. The van der Waals surface area contributed by atoms with Gasteiger partial charge < -0.3 is 9.47 Å². The number of nitrogens with zero attached hydrogens (tertiary/aromatic N) is 1. The Kier molecular flexibility index (Phi) is 5.39. The van der Waals surface area contributed by atoms with E-state index in [4.69, 9.17) is 21.7 Å². The minimum atomic E-state index is -0.220. The van der Waals surface area contributed by atoms with E-state index in [0.717, 1.165) is 11.8 Å². The van der Waals surface area contributed by atoms with Crippen LogP contribution in [-0.2, 0) is 4.79 Å². The van der Waals surface area contributed by atoms with E-state index in [2.05, 4.69) is 0 Å². The van der Waals surface area contributed by atoms with Gasteiger partial charge in [-0.1, -0.05) is 48.2 Å². The average Bonchev–Trinajstić information content (AvgIpc) is 2.95. The number of rotatable bonds is 5. The van der Waals surface area contributed by atoms with E-state index in [0.29, 0.717) is 32.0 Å². The van der Waals surface area contributed by atoms with E-state index in [1.807, 2.05) is 0 Å². The first kappa shape index (κ1) is 18.2. The van der Waals surface area contributed by atoms with Crippen LogP contribution in [0.25, 0.3) is 6.08 Å². The first-order chi connectivity index (χ1) is 12.6. The monoisotopic (exact) mass is 385 g/mol. The summed E-state index contributed by atoms with van der Waals surface area (Å²) in [6.45, 7) is 0. The number of thioether (sulfide) groups is 1. The normalized spacial score (nSPS) is 15.5. The molecule has 0 atom stereocenters. The lowest BCUT2D eigenvalue weighted by molar-refractivity contribution is -0.113. The molecule has 0 aromatic heterocycles. The molecule has 1 heterocycles. The van der Waals surface area contributed by atoms with Gasteiger partial charge in [-0.2, -0.15) is 0 Å². The second-order valence-electron chi connectivity index (χ2n) is 5.34. The summed E-state index contributed by atoms with van der Waals surface area (Å²) < 4.78 is 11.0. The van der Waals surface area contributed by atoms with Gasteiger partial charge in [0, 0.05) is 11.6 Å². The molecule has 132 valence electrons. The summed E-state index contributed by atoms with van der Waals surface area (Å²) in [5, 5.41) is 0. The van der Waals surface area contributed by atoms with Crippen LogP contribution in [0.5, 0.6) is 11.5 Å². The Morgan fingerprint density at radius 3 is 2.35 bits per heavy atom. The Labute approximate surface area is 160 Å². The molecule has 1 saturated heterocycles. The SMILES string of the molecule is COc1ccc(N2C(=O)/C(=C\c3ccc(C=O)cc3)SC2=S)c(OC)c1. The number of benzene rings is 2. The lowest BCUT2D eigenvalue weighted by atomic mass is 10.1. The lowest BCUT2D eigenvalue weighted by Crippen LogP contribution is -2.27. The number of hydrogen-bond acceptors (Lipinski definition) is 6. The standard InChI is InChI=1S/C19H15NO4S2/c1-23-14-7-8-15(16(10-14)24-2)20-18(22)17(26-19(20)25)9-12-3-5-13(11-21)6-4-12/h3-11H,1-2H3/b17-9+. The highest BCUT2D eigenvalue weighted by atomic mass is 32.2. The molecule has 0 bridgehead atoms. The second kappa shape index (κ2) is 7.72. The summed E-state index contributed by atoms with van der Waals surface area (Å²) in [5.41, 5.74) is 1.96. The molecule has 3 rings (SSSR count). The molecular weight excluding hydrogens is 370 g/mol. The first-order valence-electron chi connectivity index (χ1n) is 7.62. The number of hydrogen-bond donors (Lipinski definition) is 0. The van der Waals surface area contributed by atoms with E-state index in [1.165, 1.54) is 23.8 Å². The van der Waals surface area contributed by atoms with E-state index in [-0.39, 0.29) is 5.91 Å². The summed E-state index contributed by atoms with van der Waals surface area (Å²) in [5.74, 6) is 0.905. The maximum absolute atomic E-state index is 12.9. The molecule has 0 N–H and O–H groups in total. The molecule has 5 nitrogen and oxygen atoms in total. The summed E-state index contributed by atoms with van der Waals surface area (Å²) in [7, 11) is 3.09. The van der Waals surface area contributed by atoms with Crippen LogP contribution in [-0.4, -0.2) is 30.7 Å².